The Morgan fingerprint density at radius 2 is 1.89 bits per heavy atom. The summed E-state index contributed by atoms with van der Waals surface area (Å²) in [6.45, 7) is 4.96. The zero-order valence-electron chi connectivity index (χ0n) is 21.9. The number of esters is 1. The second kappa shape index (κ2) is 11.6. The zero-order chi connectivity index (χ0) is 25.7. The molecule has 1 aliphatic carbocycles. The summed E-state index contributed by atoms with van der Waals surface area (Å²) in [6, 6.07) is 5.67. The molecule has 0 radical (unpaired) electrons. The number of aliphatic hydroxyl groups is 1. The quantitative estimate of drug-likeness (QED) is 0.472. The Balaban J connectivity index is 1.16. The summed E-state index contributed by atoms with van der Waals surface area (Å²) in [7, 11) is 1.48. The van der Waals surface area contributed by atoms with Gasteiger partial charge in [-0.05, 0) is 74.8 Å². The number of aliphatic hydroxyl groups excluding tert-OH is 1. The van der Waals surface area contributed by atoms with Gasteiger partial charge in [-0.25, -0.2) is 0 Å². The Kier molecular flexibility index (Phi) is 8.21. The van der Waals surface area contributed by atoms with Gasteiger partial charge in [-0.2, -0.15) is 0 Å². The highest BCUT2D eigenvalue weighted by molar-refractivity contribution is 5.88. The number of nitrogens with zero attached hydrogens (tertiary/aromatic N) is 2. The molecule has 1 N–H and O–H groups in total. The molecule has 2 aromatic rings. The first-order valence-electron chi connectivity index (χ1n) is 13.7. The highest BCUT2D eigenvalue weighted by Gasteiger charge is 2.43. The Morgan fingerprint density at radius 3 is 2.59 bits per heavy atom. The molecule has 0 amide bonds. The maximum absolute atomic E-state index is 12.6. The predicted octanol–water partition coefficient (Wildman–Crippen LogP) is 3.82. The van der Waals surface area contributed by atoms with Gasteiger partial charge in [-0.1, -0.05) is 18.9 Å². The van der Waals surface area contributed by atoms with E-state index in [0.29, 0.717) is 62.4 Å². The number of fused-ring (bicyclic) bond motifs is 1. The van der Waals surface area contributed by atoms with Gasteiger partial charge in [0.1, 0.15) is 11.1 Å². The van der Waals surface area contributed by atoms with E-state index < -0.39 is 5.41 Å². The van der Waals surface area contributed by atoms with Crippen LogP contribution in [0, 0.1) is 16.7 Å². The van der Waals surface area contributed by atoms with Crippen LogP contribution in [0.1, 0.15) is 51.4 Å². The van der Waals surface area contributed by atoms with Gasteiger partial charge in [0, 0.05) is 25.2 Å². The van der Waals surface area contributed by atoms with Crippen molar-refractivity contribution < 1.29 is 33.4 Å². The molecule has 1 aromatic carbocycles. The van der Waals surface area contributed by atoms with Crippen LogP contribution in [0.2, 0.25) is 0 Å². The van der Waals surface area contributed by atoms with Gasteiger partial charge in [-0.3, -0.25) is 4.79 Å². The third-order valence-electron chi connectivity index (χ3n) is 8.72. The van der Waals surface area contributed by atoms with Crippen molar-refractivity contribution in [1.82, 2.24) is 10.1 Å². The number of methoxy groups -OCH3 is 1. The second-order valence-corrected chi connectivity index (χ2v) is 11.2. The molecule has 5 rings (SSSR count). The molecule has 0 bridgehead atoms. The van der Waals surface area contributed by atoms with E-state index in [4.69, 9.17) is 23.5 Å². The van der Waals surface area contributed by atoms with Crippen LogP contribution in [0.25, 0.3) is 11.0 Å². The van der Waals surface area contributed by atoms with E-state index in [-0.39, 0.29) is 18.0 Å². The molecule has 2 aliphatic heterocycles. The molecule has 0 spiro atoms. The van der Waals surface area contributed by atoms with E-state index in [0.717, 1.165) is 63.5 Å². The van der Waals surface area contributed by atoms with Crippen molar-refractivity contribution in [1.29, 1.82) is 0 Å². The van der Waals surface area contributed by atoms with Crippen LogP contribution in [-0.4, -0.2) is 80.9 Å². The Labute approximate surface area is 218 Å². The van der Waals surface area contributed by atoms with Crippen LogP contribution in [0.5, 0.6) is 11.6 Å². The van der Waals surface area contributed by atoms with Gasteiger partial charge in [0.25, 0.3) is 5.88 Å². The molecule has 1 saturated carbocycles. The van der Waals surface area contributed by atoms with Gasteiger partial charge in [0.05, 0.1) is 32.3 Å². The smallest absolute Gasteiger partial charge is 0.313 e. The first kappa shape index (κ1) is 26.3. The molecule has 204 valence electrons. The zero-order valence-corrected chi connectivity index (χ0v) is 21.9. The summed E-state index contributed by atoms with van der Waals surface area (Å²) >= 11 is 0. The molecule has 2 saturated heterocycles. The summed E-state index contributed by atoms with van der Waals surface area (Å²) in [5, 5.41) is 14.9. The van der Waals surface area contributed by atoms with Gasteiger partial charge in [0.2, 0.25) is 0 Å². The van der Waals surface area contributed by atoms with E-state index in [1.165, 1.54) is 7.11 Å². The number of benzene rings is 1. The van der Waals surface area contributed by atoms with Gasteiger partial charge in [0.15, 0.2) is 5.58 Å². The minimum Gasteiger partial charge on any atom is -0.492 e. The number of aromatic nitrogens is 1. The number of ether oxygens (including phenoxy) is 4. The minimum atomic E-state index is -0.459. The molecule has 3 heterocycles. The predicted molar refractivity (Wildman–Crippen MR) is 137 cm³/mol. The summed E-state index contributed by atoms with van der Waals surface area (Å²) in [5.41, 5.74) is 0.0154. The van der Waals surface area contributed by atoms with Crippen molar-refractivity contribution in [2.75, 3.05) is 59.8 Å². The molecule has 3 aliphatic rings. The standard InChI is InChI=1S/C28H40N2O7/c1-33-26(32)28(11-15-34-16-12-28)18-30-13-7-21(8-14-30)17-35-25-24-22(5-4-6-23(24)37-29-25)36-20-27(19-31)9-2-3-10-27/h4-6,21,31H,2-3,7-20H2,1H3. The molecular weight excluding hydrogens is 476 g/mol. The molecule has 0 unspecified atom stereocenters. The second-order valence-electron chi connectivity index (χ2n) is 11.2. The number of hydrogen-bond donors (Lipinski definition) is 1. The van der Waals surface area contributed by atoms with Crippen LogP contribution < -0.4 is 9.47 Å². The van der Waals surface area contributed by atoms with E-state index in [2.05, 4.69) is 10.1 Å². The maximum atomic E-state index is 12.6. The number of likely N-dealkylation sites (tertiary alicyclic amines) is 1. The molecule has 37 heavy (non-hydrogen) atoms. The van der Waals surface area contributed by atoms with E-state index >= 15 is 0 Å². The maximum Gasteiger partial charge on any atom is 0.313 e. The molecule has 0 atom stereocenters. The topological polar surface area (TPSA) is 103 Å². The lowest BCUT2D eigenvalue weighted by molar-refractivity contribution is -0.160. The van der Waals surface area contributed by atoms with E-state index in [9.17, 15) is 9.90 Å². The monoisotopic (exact) mass is 516 g/mol. The van der Waals surface area contributed by atoms with Crippen LogP contribution >= 0.6 is 0 Å². The van der Waals surface area contributed by atoms with Crippen LogP contribution in [0.15, 0.2) is 22.7 Å². The average Bonchev–Trinajstić information content (AvgIpc) is 3.59. The van der Waals surface area contributed by atoms with Crippen LogP contribution in [0.3, 0.4) is 0 Å². The summed E-state index contributed by atoms with van der Waals surface area (Å²) in [5.74, 6) is 1.43. The van der Waals surface area contributed by atoms with Crippen LogP contribution in [0.4, 0.5) is 0 Å². The van der Waals surface area contributed by atoms with Gasteiger partial charge < -0.3 is 33.5 Å². The van der Waals surface area contributed by atoms with Crippen molar-refractivity contribution in [2.45, 2.75) is 51.4 Å². The fraction of sp³-hybridized carbons (Fsp3) is 0.714. The highest BCUT2D eigenvalue weighted by atomic mass is 16.5. The minimum absolute atomic E-state index is 0.116. The summed E-state index contributed by atoms with van der Waals surface area (Å²) in [6.07, 6.45) is 7.65. The molecule has 9 nitrogen and oxygen atoms in total. The van der Waals surface area contributed by atoms with Crippen molar-refractivity contribution in [3.63, 3.8) is 0 Å². The summed E-state index contributed by atoms with van der Waals surface area (Å²) in [4.78, 5) is 15.0. The molecule has 3 fully saturated rings. The van der Waals surface area contributed by atoms with Crippen molar-refractivity contribution in [3.8, 4) is 11.6 Å². The lowest BCUT2D eigenvalue weighted by Crippen LogP contribution is -2.49. The SMILES string of the molecule is COC(=O)C1(CN2CCC(COc3noc4cccc(OCC5(CO)CCCC5)c34)CC2)CCOCC1. The molecule has 1 aromatic heterocycles. The fourth-order valence-electron chi connectivity index (χ4n) is 6.20. The largest absolute Gasteiger partial charge is 0.492 e. The summed E-state index contributed by atoms with van der Waals surface area (Å²) < 4.78 is 28.6. The number of carbonyl (C=O) groups is 1. The van der Waals surface area contributed by atoms with Crippen molar-refractivity contribution in [2.24, 2.45) is 16.7 Å². The lowest BCUT2D eigenvalue weighted by atomic mass is 9.79. The Morgan fingerprint density at radius 1 is 1.14 bits per heavy atom. The highest BCUT2D eigenvalue weighted by Crippen LogP contribution is 2.40. The normalized spacial score (nSPS) is 22.2. The third-order valence-corrected chi connectivity index (χ3v) is 8.72. The van der Waals surface area contributed by atoms with Gasteiger partial charge >= 0.3 is 5.97 Å². The third kappa shape index (κ3) is 5.73. The first-order valence-corrected chi connectivity index (χ1v) is 13.7. The molecule has 9 heteroatoms. The Bertz CT molecular complexity index is 1030. The number of piperidine rings is 1. The fourth-order valence-corrected chi connectivity index (χ4v) is 6.20. The van der Waals surface area contributed by atoms with Crippen molar-refractivity contribution in [3.05, 3.63) is 18.2 Å². The number of hydrogen-bond acceptors (Lipinski definition) is 9. The average molecular weight is 517 g/mol. The van der Waals surface area contributed by atoms with E-state index in [1.807, 2.05) is 18.2 Å². The van der Waals surface area contributed by atoms with Crippen molar-refractivity contribution >= 4 is 16.9 Å². The van der Waals surface area contributed by atoms with Crippen LogP contribution in [-0.2, 0) is 14.3 Å². The number of rotatable bonds is 10. The van der Waals surface area contributed by atoms with Gasteiger partial charge in [-0.15, -0.1) is 0 Å². The molecular formula is C28H40N2O7. The number of carbonyl (C=O) groups excluding carboxylic acids is 1. The Hall–Kier alpha value is -2.36. The first-order chi connectivity index (χ1) is 18.1. The van der Waals surface area contributed by atoms with E-state index in [1.54, 1.807) is 0 Å². The lowest BCUT2D eigenvalue weighted by Gasteiger charge is -2.41.